The first-order valence-corrected chi connectivity index (χ1v) is 25.7. The number of pyridine rings is 1. The molecule has 18 atom stereocenters. The van der Waals surface area contributed by atoms with Crippen molar-refractivity contribution >= 4 is 17.7 Å². The molecule has 1 aromatic carbocycles. The smallest absolute Gasteiger partial charge is 0.311 e. The lowest BCUT2D eigenvalue weighted by Gasteiger charge is -2.50. The molecule has 3 aliphatic heterocycles. The van der Waals surface area contributed by atoms with Crippen molar-refractivity contribution < 1.29 is 72.7 Å². The number of carbonyl (C=O) groups is 3. The number of likely N-dealkylation sites (N-methyl/N-ethyl adjacent to an activating group) is 1. The van der Waals surface area contributed by atoms with E-state index in [0.29, 0.717) is 38.3 Å². The van der Waals surface area contributed by atoms with Crippen LogP contribution in [0.15, 0.2) is 48.8 Å². The molecule has 1 aromatic heterocycles. The Bertz CT molecular complexity index is 2030. The average molecular weight is 1020 g/mol. The van der Waals surface area contributed by atoms with Gasteiger partial charge in [-0.25, -0.2) is 0 Å². The van der Waals surface area contributed by atoms with Gasteiger partial charge in [0, 0.05) is 63.3 Å². The molecule has 4 heterocycles. The maximum atomic E-state index is 14.4. The van der Waals surface area contributed by atoms with Crippen LogP contribution < -0.4 is 10.1 Å². The number of hydrogen-bond acceptors (Lipinski definition) is 17. The highest BCUT2D eigenvalue weighted by Crippen LogP contribution is 2.42. The van der Waals surface area contributed by atoms with Crippen LogP contribution in [-0.2, 0) is 47.5 Å². The van der Waals surface area contributed by atoms with E-state index in [1.807, 2.05) is 62.2 Å². The van der Waals surface area contributed by atoms with Crippen molar-refractivity contribution in [2.75, 3.05) is 41.0 Å². The molecule has 406 valence electrons. The number of esters is 1. The summed E-state index contributed by atoms with van der Waals surface area (Å²) < 4.78 is 50.5. The highest BCUT2D eigenvalue weighted by atomic mass is 16.7. The van der Waals surface area contributed by atoms with Crippen LogP contribution in [0.5, 0.6) is 5.75 Å². The largest absolute Gasteiger partial charge is 0.492 e. The first-order chi connectivity index (χ1) is 33.9. The van der Waals surface area contributed by atoms with Crippen molar-refractivity contribution in [2.45, 2.75) is 192 Å². The summed E-state index contributed by atoms with van der Waals surface area (Å²) in [5, 5.41) is 49.6. The lowest BCUT2D eigenvalue weighted by molar-refractivity contribution is -0.319. The van der Waals surface area contributed by atoms with Gasteiger partial charge in [0.1, 0.15) is 42.1 Å². The van der Waals surface area contributed by atoms with Crippen molar-refractivity contribution in [3.63, 3.8) is 0 Å². The van der Waals surface area contributed by atoms with Gasteiger partial charge in [0.2, 0.25) is 5.91 Å². The normalized spacial score (nSPS) is 38.4. The van der Waals surface area contributed by atoms with Crippen LogP contribution in [0.25, 0.3) is 11.1 Å². The molecule has 0 radical (unpaired) electrons. The van der Waals surface area contributed by atoms with Gasteiger partial charge >= 0.3 is 5.97 Å². The molecular weight excluding hydrogens is 931 g/mol. The number of rotatable bonds is 17. The number of Topliss-reactive ketones (excluding diaryl/α,β-unsaturated/α-hetero) is 1. The van der Waals surface area contributed by atoms with Crippen molar-refractivity contribution in [1.82, 2.24) is 15.2 Å². The predicted molar refractivity (Wildman–Crippen MR) is 267 cm³/mol. The zero-order chi connectivity index (χ0) is 53.3. The molecule has 0 unspecified atom stereocenters. The van der Waals surface area contributed by atoms with Crippen LogP contribution in [0.2, 0.25) is 0 Å². The summed E-state index contributed by atoms with van der Waals surface area (Å²) in [4.78, 5) is 47.7. The Kier molecular flexibility index (Phi) is 21.2. The minimum atomic E-state index is -2.01. The molecular formula is C54H85N3O15. The van der Waals surface area contributed by atoms with E-state index in [1.165, 1.54) is 21.1 Å². The molecule has 72 heavy (non-hydrogen) atoms. The van der Waals surface area contributed by atoms with E-state index in [4.69, 9.17) is 37.9 Å². The molecule has 0 aliphatic carbocycles. The summed E-state index contributed by atoms with van der Waals surface area (Å²) in [6, 6.07) is 11.1. The Balaban J connectivity index is 1.34. The van der Waals surface area contributed by atoms with Crippen LogP contribution in [-0.4, -0.2) is 173 Å². The molecule has 0 spiro atoms. The molecule has 3 aliphatic rings. The van der Waals surface area contributed by atoms with Gasteiger partial charge in [-0.1, -0.05) is 45.9 Å². The van der Waals surface area contributed by atoms with E-state index in [-0.39, 0.29) is 43.5 Å². The number of aliphatic hydroxyl groups is 4. The van der Waals surface area contributed by atoms with Crippen LogP contribution in [0.4, 0.5) is 0 Å². The second-order valence-electron chi connectivity index (χ2n) is 21.2. The third-order valence-corrected chi connectivity index (χ3v) is 15.6. The molecule has 0 saturated carbocycles. The Morgan fingerprint density at radius 2 is 1.57 bits per heavy atom. The number of benzene rings is 1. The quantitative estimate of drug-likeness (QED) is 0.105. The van der Waals surface area contributed by atoms with Crippen molar-refractivity contribution in [3.8, 4) is 16.9 Å². The Morgan fingerprint density at radius 3 is 2.19 bits per heavy atom. The monoisotopic (exact) mass is 1020 g/mol. The summed E-state index contributed by atoms with van der Waals surface area (Å²) in [6.07, 6.45) is -5.46. The minimum Gasteiger partial charge on any atom is -0.492 e. The molecule has 18 heteroatoms. The van der Waals surface area contributed by atoms with E-state index < -0.39 is 108 Å². The van der Waals surface area contributed by atoms with Gasteiger partial charge in [0.15, 0.2) is 12.6 Å². The number of amides is 1. The fourth-order valence-electron chi connectivity index (χ4n) is 10.9. The molecule has 18 nitrogen and oxygen atoms in total. The highest BCUT2D eigenvalue weighted by molar-refractivity contribution is 5.83. The fourth-order valence-corrected chi connectivity index (χ4v) is 10.9. The number of carbonyl (C=O) groups excluding carboxylic acids is 3. The van der Waals surface area contributed by atoms with Gasteiger partial charge < -0.3 is 68.5 Å². The standard InChI is InChI=1S/C54H85N3O15/c1-14-41-54(10,64)47(61)33(4)44(59)31(2)28-53(9,66-13)49(34(5)46(35(6)50(63)70-41)71-43-29-52(8,65-12)48(62)36(7)69-43)72-51-45(60)40(27-32(3)68-51)57(11)25-16-18-42(58)56-24-26-67-39-21-19-37(20-22-39)38-17-15-23-55-30-38/h15,17,19-23,30-36,40-41,43,45-49,51,60-62,64H,14,16,18,24-29H2,1-13H3,(H,56,58)/t31-,32-,33+,34+,35-,36+,40+,41-,43+,45-,46+,47-,48+,49-,51-,52-,53-,54-/m1/s1. The molecule has 5 rings (SSSR count). The van der Waals surface area contributed by atoms with Gasteiger partial charge in [-0.2, -0.15) is 0 Å². The number of methoxy groups -OCH3 is 2. The summed E-state index contributed by atoms with van der Waals surface area (Å²) in [5.74, 6) is -4.21. The Morgan fingerprint density at radius 1 is 0.889 bits per heavy atom. The van der Waals surface area contributed by atoms with Crippen LogP contribution in [0, 0.1) is 23.7 Å². The number of ether oxygens (including phenoxy) is 8. The molecule has 3 saturated heterocycles. The first-order valence-electron chi connectivity index (χ1n) is 25.7. The molecule has 2 aromatic rings. The summed E-state index contributed by atoms with van der Waals surface area (Å²) in [7, 11) is 4.87. The fraction of sp³-hybridized carbons (Fsp3) is 0.741. The minimum absolute atomic E-state index is 0.0556. The van der Waals surface area contributed by atoms with Crippen molar-refractivity contribution in [1.29, 1.82) is 0 Å². The Labute approximate surface area is 426 Å². The van der Waals surface area contributed by atoms with Crippen molar-refractivity contribution in [2.24, 2.45) is 23.7 Å². The van der Waals surface area contributed by atoms with Gasteiger partial charge in [-0.05, 0) is 110 Å². The number of ketones is 1. The molecule has 3 fully saturated rings. The summed E-state index contributed by atoms with van der Waals surface area (Å²) >= 11 is 0. The van der Waals surface area contributed by atoms with Gasteiger partial charge in [-0.15, -0.1) is 0 Å². The molecule has 1 amide bonds. The summed E-state index contributed by atoms with van der Waals surface area (Å²) in [6.45, 7) is 18.0. The van der Waals surface area contributed by atoms with Crippen molar-refractivity contribution in [3.05, 3.63) is 48.8 Å². The second-order valence-corrected chi connectivity index (χ2v) is 21.2. The lowest BCUT2D eigenvalue weighted by atomic mass is 9.74. The number of aliphatic hydroxyl groups excluding tert-OH is 3. The van der Waals surface area contributed by atoms with E-state index in [9.17, 15) is 34.8 Å². The predicted octanol–water partition coefficient (Wildman–Crippen LogP) is 4.85. The second kappa shape index (κ2) is 25.7. The van der Waals surface area contributed by atoms with Crippen LogP contribution >= 0.6 is 0 Å². The number of hydrogen-bond donors (Lipinski definition) is 5. The topological polar surface area (TPSA) is 234 Å². The zero-order valence-electron chi connectivity index (χ0n) is 44.8. The lowest BCUT2D eigenvalue weighted by Crippen LogP contribution is -2.61. The maximum absolute atomic E-state index is 14.4. The molecule has 5 N–H and O–H groups in total. The Hall–Kier alpha value is -3.66. The van der Waals surface area contributed by atoms with Gasteiger partial charge in [0.25, 0.3) is 0 Å². The highest BCUT2D eigenvalue weighted by Gasteiger charge is 2.54. The van der Waals surface area contributed by atoms with E-state index in [2.05, 4.69) is 10.3 Å². The molecule has 0 bridgehead atoms. The van der Waals surface area contributed by atoms with Gasteiger partial charge in [0.05, 0.1) is 54.2 Å². The van der Waals surface area contributed by atoms with Crippen LogP contribution in [0.3, 0.4) is 0 Å². The number of cyclic esters (lactones) is 1. The average Bonchev–Trinajstić information content (AvgIpc) is 3.36. The number of nitrogens with zero attached hydrogens (tertiary/aromatic N) is 2. The third kappa shape index (κ3) is 14.2. The van der Waals surface area contributed by atoms with Crippen LogP contribution in [0.1, 0.15) is 108 Å². The zero-order valence-corrected chi connectivity index (χ0v) is 44.8. The SMILES string of the molecule is CC[C@H]1OC(=O)[C@H](C)[C@@H](O[C@H]2C[C@@](C)(OC)[C@@H](O)[C@H](C)O2)[C@H](C)[C@@H](O[C@H]2O[C@H](C)C[C@H](N(C)CCCC(=O)NCCOc3ccc(-c4cccnc4)cc3)[C@H]2O)[C@](C)(OC)C[C@@H](C)C(=O)[C@H](C)[C@@H](O)[C@]1(C)O. The van der Waals surface area contributed by atoms with E-state index >= 15 is 0 Å². The number of nitrogens with one attached hydrogen (secondary N) is 1. The third-order valence-electron chi connectivity index (χ3n) is 15.6. The first kappa shape index (κ1) is 59.2. The van der Waals surface area contributed by atoms with E-state index in [1.54, 1.807) is 60.9 Å². The van der Waals surface area contributed by atoms with Gasteiger partial charge in [-0.3, -0.25) is 19.4 Å². The maximum Gasteiger partial charge on any atom is 0.311 e. The number of aromatic nitrogens is 1. The summed E-state index contributed by atoms with van der Waals surface area (Å²) in [5.41, 5.74) is -2.39. The van der Waals surface area contributed by atoms with E-state index in [0.717, 1.165) is 11.1 Å².